The van der Waals surface area contributed by atoms with Crippen LogP contribution in [0.1, 0.15) is 0 Å². The Morgan fingerprint density at radius 3 is 2.57 bits per heavy atom. The molecule has 3 aromatic rings. The Bertz CT molecular complexity index is 933. The number of aromatic nitrogens is 3. The van der Waals surface area contributed by atoms with Crippen molar-refractivity contribution in [2.45, 2.75) is 0 Å². The fourth-order valence-electron chi connectivity index (χ4n) is 1.97. The Morgan fingerprint density at radius 1 is 1.17 bits per heavy atom. The second kappa shape index (κ2) is 5.93. The first-order valence-electron chi connectivity index (χ1n) is 6.48. The maximum atomic E-state index is 11.2. The molecule has 0 unspecified atom stereocenters. The monoisotopic (exact) mass is 331 g/mol. The third-order valence-corrected chi connectivity index (χ3v) is 3.20. The quantitative estimate of drug-likeness (QED) is 0.453. The molecule has 0 spiro atoms. The minimum absolute atomic E-state index is 0.305. The molecule has 0 amide bonds. The van der Waals surface area contributed by atoms with Crippen LogP contribution >= 0.6 is 11.6 Å². The van der Waals surface area contributed by atoms with Gasteiger partial charge in [-0.25, -0.2) is 4.99 Å². The number of hydrogen-bond donors (Lipinski definition) is 1. The Kier molecular flexibility index (Phi) is 3.82. The summed E-state index contributed by atoms with van der Waals surface area (Å²) in [6, 6.07) is 14.9. The van der Waals surface area contributed by atoms with Crippen LogP contribution in [0, 0.1) is 10.1 Å². The van der Waals surface area contributed by atoms with Gasteiger partial charge in [0.2, 0.25) is 0 Å². The van der Waals surface area contributed by atoms with Gasteiger partial charge in [-0.1, -0.05) is 40.7 Å². The molecule has 0 aliphatic heterocycles. The zero-order valence-electron chi connectivity index (χ0n) is 11.6. The van der Waals surface area contributed by atoms with E-state index < -0.39 is 10.7 Å². The first kappa shape index (κ1) is 14.8. The molecule has 9 heteroatoms. The van der Waals surface area contributed by atoms with Crippen molar-refractivity contribution in [2.75, 3.05) is 0 Å². The van der Waals surface area contributed by atoms with E-state index in [1.165, 1.54) is 6.07 Å². The van der Waals surface area contributed by atoms with E-state index in [1.807, 2.05) is 0 Å². The van der Waals surface area contributed by atoms with E-state index in [-0.39, 0.29) is 5.49 Å². The molecule has 1 aromatic heterocycles. The van der Waals surface area contributed by atoms with E-state index in [2.05, 4.69) is 10.1 Å². The van der Waals surface area contributed by atoms with Gasteiger partial charge in [-0.05, 0) is 40.1 Å². The van der Waals surface area contributed by atoms with Crippen molar-refractivity contribution < 1.29 is 10.1 Å². The number of halogens is 1. The number of nitrogens with zero attached hydrogens (tertiary/aromatic N) is 5. The first-order chi connectivity index (χ1) is 11.1. The molecule has 0 aliphatic rings. The number of benzene rings is 2. The maximum absolute atomic E-state index is 11.2. The summed E-state index contributed by atoms with van der Waals surface area (Å²) in [7, 11) is 0. The number of rotatable bonds is 3. The number of hydrogen-bond acceptors (Lipinski definition) is 5. The van der Waals surface area contributed by atoms with Crippen molar-refractivity contribution in [1.29, 1.82) is 0 Å². The van der Waals surface area contributed by atoms with Gasteiger partial charge < -0.3 is 15.3 Å². The predicted molar refractivity (Wildman–Crippen MR) is 82.1 cm³/mol. The molecule has 0 saturated heterocycles. The fourth-order valence-corrected chi connectivity index (χ4v) is 2.15. The largest absolute Gasteiger partial charge is 0.438 e. The molecule has 0 fully saturated rings. The molecule has 1 N–H and O–H groups in total. The van der Waals surface area contributed by atoms with Crippen molar-refractivity contribution in [3.8, 4) is 5.69 Å². The molecule has 8 nitrogen and oxygen atoms in total. The predicted octanol–water partition coefficient (Wildman–Crippen LogP) is 2.71. The number of para-hydroxylation sites is 1. The van der Waals surface area contributed by atoms with Crippen molar-refractivity contribution in [3.05, 3.63) is 75.2 Å². The van der Waals surface area contributed by atoms with E-state index in [0.717, 1.165) is 4.80 Å². The van der Waals surface area contributed by atoms with Gasteiger partial charge >= 0.3 is 5.82 Å². The second-order valence-electron chi connectivity index (χ2n) is 4.51. The van der Waals surface area contributed by atoms with Gasteiger partial charge in [-0.2, -0.15) is 0 Å². The molecule has 0 aliphatic carbocycles. The topological polar surface area (TPSA) is 98.5 Å². The van der Waals surface area contributed by atoms with Crippen LogP contribution in [0.2, 0.25) is 5.02 Å². The first-order valence-corrected chi connectivity index (χ1v) is 6.86. The highest BCUT2D eigenvalue weighted by Gasteiger charge is 2.24. The third-order valence-electron chi connectivity index (χ3n) is 2.96. The van der Waals surface area contributed by atoms with Crippen LogP contribution in [0.3, 0.4) is 0 Å². The van der Waals surface area contributed by atoms with Gasteiger partial charge in [-0.15, -0.1) is 0 Å². The summed E-state index contributed by atoms with van der Waals surface area (Å²) in [5.41, 5.74) is 0.503. The minimum atomic E-state index is -0.713. The highest BCUT2D eigenvalue weighted by atomic mass is 35.5. The SMILES string of the molecule is O=[N+]([O-])c1nn(-c2ccccc2)n(O)c1=Nc1cccc(Cl)c1. The smallest absolute Gasteiger partial charge is 0.409 e. The van der Waals surface area contributed by atoms with E-state index in [4.69, 9.17) is 11.6 Å². The van der Waals surface area contributed by atoms with Crippen LogP contribution in [-0.2, 0) is 0 Å². The molecule has 116 valence electrons. The van der Waals surface area contributed by atoms with Crippen molar-refractivity contribution in [2.24, 2.45) is 4.99 Å². The van der Waals surface area contributed by atoms with Crippen LogP contribution in [0.15, 0.2) is 59.6 Å². The molecule has 0 bridgehead atoms. The lowest BCUT2D eigenvalue weighted by molar-refractivity contribution is -0.391. The lowest BCUT2D eigenvalue weighted by atomic mass is 10.3. The summed E-state index contributed by atoms with van der Waals surface area (Å²) in [6.07, 6.45) is 0. The zero-order valence-corrected chi connectivity index (χ0v) is 12.3. The van der Waals surface area contributed by atoms with Gasteiger partial charge in [0.15, 0.2) is 0 Å². The van der Waals surface area contributed by atoms with E-state index in [9.17, 15) is 15.3 Å². The van der Waals surface area contributed by atoms with Gasteiger partial charge in [-0.3, -0.25) is 0 Å². The van der Waals surface area contributed by atoms with Crippen LogP contribution in [0.25, 0.3) is 5.69 Å². The summed E-state index contributed by atoms with van der Waals surface area (Å²) < 4.78 is 0. The molecule has 0 atom stereocenters. The van der Waals surface area contributed by atoms with Crippen LogP contribution in [-0.4, -0.2) is 24.9 Å². The normalized spacial score (nSPS) is 11.6. The Morgan fingerprint density at radius 2 is 1.91 bits per heavy atom. The molecule has 23 heavy (non-hydrogen) atoms. The second-order valence-corrected chi connectivity index (χ2v) is 4.95. The average molecular weight is 332 g/mol. The maximum Gasteiger partial charge on any atom is 0.438 e. The Labute approximate surface area is 134 Å². The van der Waals surface area contributed by atoms with E-state index in [0.29, 0.717) is 21.2 Å². The highest BCUT2D eigenvalue weighted by Crippen LogP contribution is 2.17. The summed E-state index contributed by atoms with van der Waals surface area (Å²) >= 11 is 5.87. The van der Waals surface area contributed by atoms with Crippen molar-refractivity contribution >= 4 is 23.1 Å². The summed E-state index contributed by atoms with van der Waals surface area (Å²) in [6.45, 7) is 0. The van der Waals surface area contributed by atoms with Crippen LogP contribution < -0.4 is 5.49 Å². The standard InChI is InChI=1S/C14H10ClN5O3/c15-10-5-4-6-11(9-10)16-13-14(20(22)23)17-18(19(13)21)12-7-2-1-3-8-12/h1-9,21H. The van der Waals surface area contributed by atoms with Crippen molar-refractivity contribution in [3.63, 3.8) is 0 Å². The van der Waals surface area contributed by atoms with Gasteiger partial charge in [0.25, 0.3) is 5.49 Å². The molecular formula is C14H10ClN5O3. The van der Waals surface area contributed by atoms with Gasteiger partial charge in [0, 0.05) is 5.02 Å². The average Bonchev–Trinajstić information content (AvgIpc) is 2.86. The lowest BCUT2D eigenvalue weighted by Gasteiger charge is -1.98. The molecule has 2 aromatic carbocycles. The molecule has 0 saturated carbocycles. The van der Waals surface area contributed by atoms with E-state index >= 15 is 0 Å². The summed E-state index contributed by atoms with van der Waals surface area (Å²) in [5, 5.41) is 25.7. The van der Waals surface area contributed by atoms with Crippen LogP contribution in [0.5, 0.6) is 0 Å². The van der Waals surface area contributed by atoms with Crippen LogP contribution in [0.4, 0.5) is 11.5 Å². The molecule has 1 heterocycles. The Hall–Kier alpha value is -3.13. The number of nitro groups is 1. The highest BCUT2D eigenvalue weighted by molar-refractivity contribution is 6.30. The lowest BCUT2D eigenvalue weighted by Crippen LogP contribution is -2.21. The Balaban J connectivity index is 2.24. The van der Waals surface area contributed by atoms with E-state index in [1.54, 1.807) is 48.5 Å². The summed E-state index contributed by atoms with van der Waals surface area (Å²) in [4.78, 5) is 16.1. The fraction of sp³-hybridized carbons (Fsp3) is 0. The van der Waals surface area contributed by atoms with Gasteiger partial charge in [0.05, 0.1) is 10.8 Å². The minimum Gasteiger partial charge on any atom is -0.409 e. The molecule has 3 rings (SSSR count). The zero-order chi connectivity index (χ0) is 16.4. The van der Waals surface area contributed by atoms with Gasteiger partial charge in [0.1, 0.15) is 5.69 Å². The van der Waals surface area contributed by atoms with Crippen molar-refractivity contribution in [1.82, 2.24) is 14.7 Å². The summed E-state index contributed by atoms with van der Waals surface area (Å²) in [5.74, 6) is -0.573. The molecule has 0 radical (unpaired) electrons. The third kappa shape index (κ3) is 2.92. The molecular weight excluding hydrogens is 322 g/mol.